The zero-order valence-electron chi connectivity index (χ0n) is 19.2. The molecule has 6 rings (SSSR count). The van der Waals surface area contributed by atoms with Crippen LogP contribution in [0.1, 0.15) is 24.8 Å². The normalized spacial score (nSPS) is 25.5. The average Bonchev–Trinajstić information content (AvgIpc) is 3.70. The van der Waals surface area contributed by atoms with Gasteiger partial charge < -0.3 is 9.64 Å². The van der Waals surface area contributed by atoms with Crippen LogP contribution in [0, 0.1) is 11.6 Å². The number of morpholine rings is 1. The first kappa shape index (κ1) is 22.5. The van der Waals surface area contributed by atoms with E-state index < -0.39 is 23.4 Å². The van der Waals surface area contributed by atoms with Crippen LogP contribution in [0.15, 0.2) is 48.7 Å². The topological polar surface area (TPSA) is 45.7 Å². The zero-order chi connectivity index (χ0) is 24.2. The molecule has 1 spiro atoms. The summed E-state index contributed by atoms with van der Waals surface area (Å²) in [6, 6.07) is 12.1. The Labute approximate surface area is 201 Å². The standard InChI is InChI=1S/C27H26F3N3O2/c28-22-10-19(18-4-3-17-2-1-8-31-24(17)12-18)11-23(29)21(22)13-32-9-7-27(25(30)14-32)16-33(20-5-6-20)26(34)15-35-27/h1-4,8,10-12,20,25H,5-7,9,13-16H2. The molecule has 3 fully saturated rings. The van der Waals surface area contributed by atoms with Crippen molar-refractivity contribution in [2.45, 2.75) is 43.6 Å². The molecule has 2 aliphatic heterocycles. The van der Waals surface area contributed by atoms with E-state index in [0.29, 0.717) is 24.1 Å². The summed E-state index contributed by atoms with van der Waals surface area (Å²) in [7, 11) is 0. The molecule has 1 saturated carbocycles. The van der Waals surface area contributed by atoms with Crippen molar-refractivity contribution < 1.29 is 22.7 Å². The van der Waals surface area contributed by atoms with Gasteiger partial charge in [-0.2, -0.15) is 0 Å². The Kier molecular flexibility index (Phi) is 5.53. The monoisotopic (exact) mass is 481 g/mol. The van der Waals surface area contributed by atoms with Crippen LogP contribution in [-0.2, 0) is 16.1 Å². The molecule has 35 heavy (non-hydrogen) atoms. The van der Waals surface area contributed by atoms with Crippen molar-refractivity contribution in [1.82, 2.24) is 14.8 Å². The van der Waals surface area contributed by atoms with Gasteiger partial charge in [-0.05, 0) is 54.7 Å². The Balaban J connectivity index is 1.18. The number of piperidine rings is 1. The number of aromatic nitrogens is 1. The smallest absolute Gasteiger partial charge is 0.248 e. The fraction of sp³-hybridized carbons (Fsp3) is 0.407. The number of alkyl halides is 1. The Hall–Kier alpha value is -2.97. The molecular formula is C27H26F3N3O2. The van der Waals surface area contributed by atoms with Gasteiger partial charge in [-0.15, -0.1) is 0 Å². The summed E-state index contributed by atoms with van der Waals surface area (Å²) >= 11 is 0. The molecule has 2 saturated heterocycles. The van der Waals surface area contributed by atoms with Crippen molar-refractivity contribution in [3.05, 3.63) is 65.9 Å². The molecule has 5 nitrogen and oxygen atoms in total. The third-order valence-corrected chi connectivity index (χ3v) is 7.53. The van der Waals surface area contributed by atoms with E-state index in [1.54, 1.807) is 22.1 Å². The second-order valence-corrected chi connectivity index (χ2v) is 9.89. The minimum atomic E-state index is -1.35. The number of likely N-dealkylation sites (tertiary alicyclic amines) is 1. The largest absolute Gasteiger partial charge is 0.360 e. The number of rotatable bonds is 4. The van der Waals surface area contributed by atoms with E-state index in [9.17, 15) is 4.79 Å². The molecule has 0 N–H and O–H groups in total. The van der Waals surface area contributed by atoms with Gasteiger partial charge >= 0.3 is 0 Å². The van der Waals surface area contributed by atoms with Crippen molar-refractivity contribution in [2.24, 2.45) is 0 Å². The maximum Gasteiger partial charge on any atom is 0.248 e. The molecule has 3 aromatic rings. The first-order valence-electron chi connectivity index (χ1n) is 12.0. The number of benzene rings is 2. The van der Waals surface area contributed by atoms with Gasteiger partial charge in [0.15, 0.2) is 0 Å². The van der Waals surface area contributed by atoms with Crippen LogP contribution in [0.5, 0.6) is 0 Å². The first-order valence-corrected chi connectivity index (χ1v) is 12.0. The summed E-state index contributed by atoms with van der Waals surface area (Å²) in [6.07, 6.45) is 2.61. The molecule has 0 radical (unpaired) electrons. The highest BCUT2D eigenvalue weighted by Crippen LogP contribution is 2.38. The molecular weight excluding hydrogens is 455 g/mol. The molecule has 8 heteroatoms. The number of halogens is 3. The van der Waals surface area contributed by atoms with Crippen molar-refractivity contribution in [3.8, 4) is 11.1 Å². The van der Waals surface area contributed by atoms with E-state index in [0.717, 1.165) is 23.7 Å². The second-order valence-electron chi connectivity index (χ2n) is 9.89. The van der Waals surface area contributed by atoms with Crippen LogP contribution in [0.2, 0.25) is 0 Å². The van der Waals surface area contributed by atoms with Crippen LogP contribution < -0.4 is 0 Å². The minimum absolute atomic E-state index is 0.00364. The van der Waals surface area contributed by atoms with Crippen molar-refractivity contribution >= 4 is 16.8 Å². The van der Waals surface area contributed by atoms with E-state index >= 15 is 13.2 Å². The number of hydrogen-bond acceptors (Lipinski definition) is 4. The third-order valence-electron chi connectivity index (χ3n) is 7.53. The lowest BCUT2D eigenvalue weighted by atomic mass is 9.87. The van der Waals surface area contributed by atoms with Crippen LogP contribution in [0.4, 0.5) is 13.2 Å². The average molecular weight is 482 g/mol. The highest BCUT2D eigenvalue weighted by Gasteiger charge is 2.51. The number of amides is 1. The van der Waals surface area contributed by atoms with Gasteiger partial charge in [0, 0.05) is 42.8 Å². The number of ether oxygens (including phenoxy) is 1. The Morgan fingerprint density at radius 1 is 1.09 bits per heavy atom. The lowest BCUT2D eigenvalue weighted by Gasteiger charge is -2.49. The van der Waals surface area contributed by atoms with Gasteiger partial charge in [0.25, 0.3) is 0 Å². The van der Waals surface area contributed by atoms with Gasteiger partial charge in [0.1, 0.15) is 30.0 Å². The van der Waals surface area contributed by atoms with Gasteiger partial charge in [-0.25, -0.2) is 13.2 Å². The second kappa shape index (κ2) is 8.60. The molecule has 3 aliphatic rings. The third kappa shape index (κ3) is 4.19. The van der Waals surface area contributed by atoms with E-state index in [4.69, 9.17) is 4.74 Å². The minimum Gasteiger partial charge on any atom is -0.360 e. The van der Waals surface area contributed by atoms with Gasteiger partial charge in [-0.1, -0.05) is 18.2 Å². The number of carbonyl (C=O) groups is 1. The quantitative estimate of drug-likeness (QED) is 0.551. The van der Waals surface area contributed by atoms with E-state index in [2.05, 4.69) is 4.98 Å². The first-order chi connectivity index (χ1) is 16.9. The predicted octanol–water partition coefficient (Wildman–Crippen LogP) is 4.48. The summed E-state index contributed by atoms with van der Waals surface area (Å²) in [5, 5.41) is 0.948. The number of pyridine rings is 1. The molecule has 1 aromatic heterocycles. The van der Waals surface area contributed by atoms with E-state index in [1.165, 1.54) is 12.1 Å². The number of hydrogen-bond donors (Lipinski definition) is 0. The van der Waals surface area contributed by atoms with Crippen molar-refractivity contribution in [3.63, 3.8) is 0 Å². The molecule has 2 aromatic carbocycles. The number of nitrogens with zero attached hydrogens (tertiary/aromatic N) is 3. The van der Waals surface area contributed by atoms with Gasteiger partial charge in [0.05, 0.1) is 12.1 Å². The summed E-state index contributed by atoms with van der Waals surface area (Å²) < 4.78 is 51.2. The molecule has 1 amide bonds. The van der Waals surface area contributed by atoms with Crippen LogP contribution in [0.3, 0.4) is 0 Å². The molecule has 2 unspecified atom stereocenters. The zero-order valence-corrected chi connectivity index (χ0v) is 19.2. The van der Waals surface area contributed by atoms with E-state index in [-0.39, 0.29) is 43.8 Å². The van der Waals surface area contributed by atoms with Gasteiger partial charge in [-0.3, -0.25) is 14.7 Å². The molecule has 2 atom stereocenters. The lowest BCUT2D eigenvalue weighted by Crippen LogP contribution is -2.64. The fourth-order valence-corrected chi connectivity index (χ4v) is 5.29. The van der Waals surface area contributed by atoms with Crippen LogP contribution >= 0.6 is 0 Å². The summed E-state index contributed by atoms with van der Waals surface area (Å²) in [5.74, 6) is -1.40. The molecule has 0 bridgehead atoms. The highest BCUT2D eigenvalue weighted by molar-refractivity contribution is 5.84. The molecule has 3 heterocycles. The summed E-state index contributed by atoms with van der Waals surface area (Å²) in [6.45, 7) is 0.558. The lowest BCUT2D eigenvalue weighted by molar-refractivity contribution is -0.189. The summed E-state index contributed by atoms with van der Waals surface area (Å²) in [4.78, 5) is 20.0. The van der Waals surface area contributed by atoms with Crippen molar-refractivity contribution in [2.75, 3.05) is 26.2 Å². The SMILES string of the molecule is O=C1COC2(CCN(Cc3c(F)cc(-c4ccc5cccnc5c4)cc3F)CC2F)CN1C1CC1. The maximum atomic E-state index is 15.4. The molecule has 182 valence electrons. The Bertz CT molecular complexity index is 1270. The van der Waals surface area contributed by atoms with Crippen LogP contribution in [-0.4, -0.2) is 64.7 Å². The van der Waals surface area contributed by atoms with Crippen LogP contribution in [0.25, 0.3) is 22.0 Å². The number of carbonyl (C=O) groups excluding carboxylic acids is 1. The number of fused-ring (bicyclic) bond motifs is 1. The predicted molar refractivity (Wildman–Crippen MR) is 125 cm³/mol. The van der Waals surface area contributed by atoms with Gasteiger partial charge in [0.2, 0.25) is 5.91 Å². The Morgan fingerprint density at radius 2 is 1.89 bits per heavy atom. The highest BCUT2D eigenvalue weighted by atomic mass is 19.1. The summed E-state index contributed by atoms with van der Waals surface area (Å²) in [5.41, 5.74) is 0.748. The molecule has 1 aliphatic carbocycles. The Morgan fingerprint density at radius 3 is 2.63 bits per heavy atom. The maximum absolute atomic E-state index is 15.4. The fourth-order valence-electron chi connectivity index (χ4n) is 5.29. The van der Waals surface area contributed by atoms with E-state index in [1.807, 2.05) is 24.3 Å². The van der Waals surface area contributed by atoms with Crippen molar-refractivity contribution in [1.29, 1.82) is 0 Å².